The highest BCUT2D eigenvalue weighted by atomic mass is 32.2. The molecule has 1 aromatic carbocycles. The van der Waals surface area contributed by atoms with E-state index in [1.165, 1.54) is 12.1 Å². The second kappa shape index (κ2) is 5.92. The molecule has 1 aliphatic heterocycles. The van der Waals surface area contributed by atoms with E-state index < -0.39 is 22.0 Å². The lowest BCUT2D eigenvalue weighted by molar-refractivity contribution is -0.384. The molecule has 0 aromatic heterocycles. The van der Waals surface area contributed by atoms with Crippen molar-refractivity contribution < 1.29 is 14.5 Å². The van der Waals surface area contributed by atoms with Crippen LogP contribution in [0.3, 0.4) is 0 Å². The molecule has 1 aromatic rings. The van der Waals surface area contributed by atoms with Crippen LogP contribution in [0.25, 0.3) is 0 Å². The maximum atomic E-state index is 11.9. The molecule has 2 amide bonds. The zero-order valence-corrected chi connectivity index (χ0v) is 11.8. The number of amidine groups is 1. The van der Waals surface area contributed by atoms with Crippen LogP contribution in [-0.4, -0.2) is 27.2 Å². The number of nitro groups is 1. The molecule has 9 heteroatoms. The Morgan fingerprint density at radius 1 is 1.57 bits per heavy atom. The smallest absolute Gasteiger partial charge is 0.293 e. The number of aliphatic imine (C=N–C) groups is 1. The molecule has 0 spiro atoms. The van der Waals surface area contributed by atoms with E-state index in [1.807, 2.05) is 0 Å². The average molecular weight is 308 g/mol. The number of carbonyl (C=O) groups is 2. The highest BCUT2D eigenvalue weighted by Gasteiger charge is 2.29. The summed E-state index contributed by atoms with van der Waals surface area (Å²) in [5.74, 6) is -0.969. The highest BCUT2D eigenvalue weighted by Crippen LogP contribution is 2.27. The molecule has 8 nitrogen and oxygen atoms in total. The fourth-order valence-corrected chi connectivity index (χ4v) is 2.62. The van der Waals surface area contributed by atoms with E-state index in [0.717, 1.165) is 11.8 Å². The molecule has 21 heavy (non-hydrogen) atoms. The number of amides is 2. The summed E-state index contributed by atoms with van der Waals surface area (Å²) in [7, 11) is 0. The van der Waals surface area contributed by atoms with Crippen molar-refractivity contribution in [3.05, 3.63) is 33.9 Å². The molecular weight excluding hydrogens is 296 g/mol. The summed E-state index contributed by atoms with van der Waals surface area (Å²) in [6, 6.07) is 4.48. The number of rotatable bonds is 4. The molecule has 0 saturated carbocycles. The third kappa shape index (κ3) is 3.57. The first-order valence-electron chi connectivity index (χ1n) is 5.96. The van der Waals surface area contributed by atoms with E-state index in [0.29, 0.717) is 5.56 Å². The largest absolute Gasteiger partial charge is 0.378 e. The lowest BCUT2D eigenvalue weighted by Crippen LogP contribution is -2.22. The number of nitrogens with one attached hydrogen (secondary N) is 1. The topological polar surface area (TPSA) is 128 Å². The van der Waals surface area contributed by atoms with E-state index in [-0.39, 0.29) is 23.0 Å². The molecule has 0 aliphatic carbocycles. The Hall–Kier alpha value is -2.42. The number of hydrogen-bond acceptors (Lipinski definition) is 6. The molecule has 110 valence electrons. The number of nitro benzene ring substituents is 1. The summed E-state index contributed by atoms with van der Waals surface area (Å²) >= 11 is 1.01. The number of carbonyl (C=O) groups excluding carboxylic acids is 2. The standard InChI is InChI=1S/C12H12N4O4S/c1-6-2-3-7(8(4-6)16(19)20)14-10(17)5-9-11(18)15-12(13)21-9/h2-4,9H,5H2,1H3,(H,14,17)(H2,13,15,18)/t9-/m1/s1. The van der Waals surface area contributed by atoms with Gasteiger partial charge in [-0.3, -0.25) is 19.7 Å². The van der Waals surface area contributed by atoms with Gasteiger partial charge < -0.3 is 11.1 Å². The van der Waals surface area contributed by atoms with Crippen LogP contribution in [0.2, 0.25) is 0 Å². The highest BCUT2D eigenvalue weighted by molar-refractivity contribution is 8.15. The summed E-state index contributed by atoms with van der Waals surface area (Å²) in [5.41, 5.74) is 6.01. The quantitative estimate of drug-likeness (QED) is 0.635. The first kappa shape index (κ1) is 15.0. The normalized spacial score (nSPS) is 17.5. The number of thioether (sulfide) groups is 1. The summed E-state index contributed by atoms with van der Waals surface area (Å²) < 4.78 is 0. The van der Waals surface area contributed by atoms with Crippen LogP contribution in [0.15, 0.2) is 23.2 Å². The SMILES string of the molecule is Cc1ccc(NC(=O)C[C@H]2SC(N)=NC2=O)c([N+](=O)[O-])c1. The molecular formula is C12H12N4O4S. The van der Waals surface area contributed by atoms with Gasteiger partial charge in [-0.05, 0) is 18.6 Å². The number of nitrogens with zero attached hydrogens (tertiary/aromatic N) is 2. The maximum absolute atomic E-state index is 11.9. The van der Waals surface area contributed by atoms with Crippen LogP contribution in [0.5, 0.6) is 0 Å². The van der Waals surface area contributed by atoms with Crippen LogP contribution in [0.4, 0.5) is 11.4 Å². The first-order chi connectivity index (χ1) is 9.86. The lowest BCUT2D eigenvalue weighted by Gasteiger charge is -2.08. The van der Waals surface area contributed by atoms with Crippen LogP contribution in [-0.2, 0) is 9.59 Å². The number of nitrogens with two attached hydrogens (primary N) is 1. The van der Waals surface area contributed by atoms with Crippen molar-refractivity contribution in [2.75, 3.05) is 5.32 Å². The van der Waals surface area contributed by atoms with Crippen molar-refractivity contribution >= 4 is 40.1 Å². The van der Waals surface area contributed by atoms with E-state index in [2.05, 4.69) is 10.3 Å². The number of anilines is 1. The van der Waals surface area contributed by atoms with Gasteiger partial charge in [0.2, 0.25) is 5.91 Å². The zero-order valence-electron chi connectivity index (χ0n) is 11.0. The van der Waals surface area contributed by atoms with Crippen LogP contribution in [0, 0.1) is 17.0 Å². The number of hydrogen-bond donors (Lipinski definition) is 2. The Morgan fingerprint density at radius 2 is 2.29 bits per heavy atom. The third-order valence-corrected chi connectivity index (χ3v) is 3.74. The Kier molecular flexibility index (Phi) is 4.22. The molecule has 3 N–H and O–H groups in total. The van der Waals surface area contributed by atoms with Crippen molar-refractivity contribution in [3.63, 3.8) is 0 Å². The van der Waals surface area contributed by atoms with Gasteiger partial charge in [0.15, 0.2) is 5.17 Å². The molecule has 1 atom stereocenters. The van der Waals surface area contributed by atoms with Gasteiger partial charge >= 0.3 is 0 Å². The lowest BCUT2D eigenvalue weighted by atomic mass is 10.2. The van der Waals surface area contributed by atoms with Crippen molar-refractivity contribution in [1.82, 2.24) is 0 Å². The fraction of sp³-hybridized carbons (Fsp3) is 0.250. The van der Waals surface area contributed by atoms with E-state index in [1.54, 1.807) is 13.0 Å². The molecule has 0 unspecified atom stereocenters. The monoisotopic (exact) mass is 308 g/mol. The van der Waals surface area contributed by atoms with E-state index in [4.69, 9.17) is 5.73 Å². The molecule has 1 heterocycles. The van der Waals surface area contributed by atoms with Crippen LogP contribution < -0.4 is 11.1 Å². The molecule has 0 saturated heterocycles. The Balaban J connectivity index is 2.07. The van der Waals surface area contributed by atoms with E-state index >= 15 is 0 Å². The van der Waals surface area contributed by atoms with Gasteiger partial charge in [-0.2, -0.15) is 4.99 Å². The van der Waals surface area contributed by atoms with Gasteiger partial charge in [0, 0.05) is 12.5 Å². The van der Waals surface area contributed by atoms with Crippen molar-refractivity contribution in [2.24, 2.45) is 10.7 Å². The van der Waals surface area contributed by atoms with Crippen LogP contribution in [0.1, 0.15) is 12.0 Å². The molecule has 0 bridgehead atoms. The Labute approximate surface area is 123 Å². The van der Waals surface area contributed by atoms with Gasteiger partial charge in [-0.1, -0.05) is 17.8 Å². The predicted molar refractivity (Wildman–Crippen MR) is 79.1 cm³/mol. The van der Waals surface area contributed by atoms with Gasteiger partial charge in [-0.25, -0.2) is 0 Å². The van der Waals surface area contributed by atoms with Gasteiger partial charge in [-0.15, -0.1) is 0 Å². The Bertz CT molecular complexity index is 659. The minimum Gasteiger partial charge on any atom is -0.378 e. The van der Waals surface area contributed by atoms with Crippen molar-refractivity contribution in [1.29, 1.82) is 0 Å². The fourth-order valence-electron chi connectivity index (χ4n) is 1.80. The van der Waals surface area contributed by atoms with Crippen molar-refractivity contribution in [2.45, 2.75) is 18.6 Å². The first-order valence-corrected chi connectivity index (χ1v) is 6.84. The van der Waals surface area contributed by atoms with E-state index in [9.17, 15) is 19.7 Å². The van der Waals surface area contributed by atoms with Gasteiger partial charge in [0.25, 0.3) is 11.6 Å². The molecule has 0 radical (unpaired) electrons. The summed E-state index contributed by atoms with van der Waals surface area (Å²) in [5, 5.41) is 12.9. The predicted octanol–water partition coefficient (Wildman–Crippen LogP) is 1.19. The van der Waals surface area contributed by atoms with Gasteiger partial charge in [0.05, 0.1) is 4.92 Å². The molecule has 0 fully saturated rings. The zero-order chi connectivity index (χ0) is 15.6. The number of aryl methyl sites for hydroxylation is 1. The molecule has 1 aliphatic rings. The molecule has 2 rings (SSSR count). The Morgan fingerprint density at radius 3 is 2.86 bits per heavy atom. The summed E-state index contributed by atoms with van der Waals surface area (Å²) in [6.07, 6.45) is -0.140. The number of benzene rings is 1. The second-order valence-electron chi connectivity index (χ2n) is 4.42. The van der Waals surface area contributed by atoms with Gasteiger partial charge in [0.1, 0.15) is 10.9 Å². The maximum Gasteiger partial charge on any atom is 0.293 e. The minimum absolute atomic E-state index is 0.0972. The minimum atomic E-state index is -0.672. The average Bonchev–Trinajstić information content (AvgIpc) is 2.69. The summed E-state index contributed by atoms with van der Waals surface area (Å²) in [4.78, 5) is 37.2. The van der Waals surface area contributed by atoms with Crippen molar-refractivity contribution in [3.8, 4) is 0 Å². The third-order valence-electron chi connectivity index (χ3n) is 2.75. The van der Waals surface area contributed by atoms with Crippen LogP contribution >= 0.6 is 11.8 Å². The second-order valence-corrected chi connectivity index (χ2v) is 5.65. The summed E-state index contributed by atoms with van der Waals surface area (Å²) in [6.45, 7) is 1.71.